The Bertz CT molecular complexity index is 867. The molecule has 0 radical (unpaired) electrons. The summed E-state index contributed by atoms with van der Waals surface area (Å²) < 4.78 is 0. The molecule has 2 aliphatic rings. The lowest BCUT2D eigenvalue weighted by Crippen LogP contribution is -2.71. The third kappa shape index (κ3) is 3.33. The lowest BCUT2D eigenvalue weighted by molar-refractivity contribution is -0.384. The molecule has 2 heterocycles. The Morgan fingerprint density at radius 1 is 1.33 bits per heavy atom. The van der Waals surface area contributed by atoms with Crippen LogP contribution >= 0.6 is 11.8 Å². The van der Waals surface area contributed by atoms with Crippen LogP contribution in [0.5, 0.6) is 0 Å². The highest BCUT2D eigenvalue weighted by Crippen LogP contribution is 2.44. The maximum Gasteiger partial charge on any atom is 0.356 e. The quantitative estimate of drug-likeness (QED) is 0.377. The Morgan fingerprint density at radius 2 is 1.96 bits per heavy atom. The maximum absolute atomic E-state index is 12.2. The number of carbonyl (C=O) groups is 3. The van der Waals surface area contributed by atoms with Gasteiger partial charge in [-0.15, -0.1) is 11.8 Å². The molecule has 0 aromatic heterocycles. The minimum atomic E-state index is -1.44. The van der Waals surface area contributed by atoms with Crippen LogP contribution in [0.1, 0.15) is 12.5 Å². The minimum absolute atomic E-state index is 0.0810. The molecule has 3 N–H and O–H groups in total. The van der Waals surface area contributed by atoms with Gasteiger partial charge in [-0.05, 0) is 12.0 Å². The number of hydrogen-bond acceptors (Lipinski definition) is 7. The summed E-state index contributed by atoms with van der Waals surface area (Å²) in [5.41, 5.74) is 0.0735. The smallest absolute Gasteiger partial charge is 0.356 e. The second-order valence-electron chi connectivity index (χ2n) is 6.07. The number of carboxylic acids is 1. The predicted octanol–water partition coefficient (Wildman–Crippen LogP) is 0.780. The zero-order chi connectivity index (χ0) is 19.9. The van der Waals surface area contributed by atoms with Gasteiger partial charge < -0.3 is 15.5 Å². The van der Waals surface area contributed by atoms with E-state index in [1.807, 2.05) is 0 Å². The van der Waals surface area contributed by atoms with Crippen molar-refractivity contribution in [2.45, 2.75) is 30.0 Å². The number of rotatable bonds is 5. The average molecular weight is 393 g/mol. The predicted molar refractivity (Wildman–Crippen MR) is 93.7 cm³/mol. The van der Waals surface area contributed by atoms with Gasteiger partial charge in [-0.2, -0.15) is 0 Å². The van der Waals surface area contributed by atoms with Gasteiger partial charge in [-0.1, -0.05) is 12.1 Å². The van der Waals surface area contributed by atoms with Crippen molar-refractivity contribution < 1.29 is 29.5 Å². The summed E-state index contributed by atoms with van der Waals surface area (Å²) in [6, 6.07) is 4.82. The van der Waals surface area contributed by atoms with Crippen LogP contribution in [0.2, 0.25) is 0 Å². The lowest BCUT2D eigenvalue weighted by Gasteiger charge is -2.50. The third-order valence-corrected chi connectivity index (χ3v) is 5.75. The summed E-state index contributed by atoms with van der Waals surface area (Å²) >= 11 is 1.15. The van der Waals surface area contributed by atoms with E-state index >= 15 is 0 Å². The number of non-ortho nitro benzene ring substituents is 1. The number of fused-ring (bicyclic) bond motifs is 1. The van der Waals surface area contributed by atoms with E-state index in [1.165, 1.54) is 31.2 Å². The maximum atomic E-state index is 12.2. The molecule has 2 amide bonds. The molecule has 0 aliphatic carbocycles. The van der Waals surface area contributed by atoms with Crippen LogP contribution in [0.4, 0.5) is 5.69 Å². The summed E-state index contributed by atoms with van der Waals surface area (Å²) in [6.45, 7) is 1.25. The zero-order valence-electron chi connectivity index (χ0n) is 14.0. The highest BCUT2D eigenvalue weighted by Gasteiger charge is 2.56. The van der Waals surface area contributed by atoms with Crippen molar-refractivity contribution in [3.8, 4) is 0 Å². The van der Waals surface area contributed by atoms with Crippen LogP contribution in [0.25, 0.3) is 0 Å². The van der Waals surface area contributed by atoms with Gasteiger partial charge in [0.25, 0.3) is 11.6 Å². The normalized spacial score (nSPS) is 24.1. The Balaban J connectivity index is 1.87. The van der Waals surface area contributed by atoms with E-state index in [0.717, 1.165) is 16.7 Å². The standard InChI is InChI=1S/C16H15N3O7S/c1-7(20)17-11-14(22)18-12(16(23)24)13(21)10(27-15(11)18)6-8-2-4-9(5-3-8)19(25)26/h2-5,10-11,15,21H,6H2,1H3,(H,17,20)(H,23,24)/t10?,11?,15-/m1/s1. The minimum Gasteiger partial charge on any atom is -0.509 e. The van der Waals surface area contributed by atoms with Crippen LogP contribution in [-0.2, 0) is 20.8 Å². The summed E-state index contributed by atoms with van der Waals surface area (Å²) in [5, 5.41) is 31.7. The van der Waals surface area contributed by atoms with Gasteiger partial charge in [0.05, 0.1) is 10.2 Å². The lowest BCUT2D eigenvalue weighted by atomic mass is 10.0. The van der Waals surface area contributed by atoms with Gasteiger partial charge in [0.15, 0.2) is 5.70 Å². The Labute approximate surface area is 157 Å². The second-order valence-corrected chi connectivity index (χ2v) is 7.39. The van der Waals surface area contributed by atoms with Crippen molar-refractivity contribution in [1.82, 2.24) is 10.2 Å². The topological polar surface area (TPSA) is 150 Å². The molecule has 1 aromatic carbocycles. The molecule has 0 saturated carbocycles. The Hall–Kier alpha value is -3.08. The molecule has 3 rings (SSSR count). The van der Waals surface area contributed by atoms with Crippen molar-refractivity contribution in [1.29, 1.82) is 0 Å². The van der Waals surface area contributed by atoms with E-state index in [0.29, 0.717) is 5.56 Å². The van der Waals surface area contributed by atoms with E-state index in [4.69, 9.17) is 0 Å². The van der Waals surface area contributed by atoms with E-state index in [1.54, 1.807) is 0 Å². The molecule has 27 heavy (non-hydrogen) atoms. The molecule has 2 unspecified atom stereocenters. The highest BCUT2D eigenvalue weighted by atomic mass is 32.2. The van der Waals surface area contributed by atoms with Crippen molar-refractivity contribution in [2.24, 2.45) is 0 Å². The molecular weight excluding hydrogens is 378 g/mol. The van der Waals surface area contributed by atoms with E-state index in [-0.39, 0.29) is 12.1 Å². The summed E-state index contributed by atoms with van der Waals surface area (Å²) in [4.78, 5) is 46.2. The average Bonchev–Trinajstić information content (AvgIpc) is 2.61. The molecule has 0 spiro atoms. The number of nitrogens with one attached hydrogen (secondary N) is 1. The summed E-state index contributed by atoms with van der Waals surface area (Å²) in [5.74, 6) is -2.91. The van der Waals surface area contributed by atoms with E-state index < -0.39 is 50.8 Å². The van der Waals surface area contributed by atoms with Crippen LogP contribution in [0.15, 0.2) is 35.7 Å². The van der Waals surface area contributed by atoms with Crippen LogP contribution in [-0.4, -0.2) is 54.5 Å². The first kappa shape index (κ1) is 18.7. The van der Waals surface area contributed by atoms with Gasteiger partial charge >= 0.3 is 5.97 Å². The van der Waals surface area contributed by atoms with Gasteiger partial charge in [-0.3, -0.25) is 24.6 Å². The first-order chi connectivity index (χ1) is 12.7. The zero-order valence-corrected chi connectivity index (χ0v) is 14.8. The van der Waals surface area contributed by atoms with Gasteiger partial charge in [0.2, 0.25) is 5.91 Å². The second kappa shape index (κ2) is 6.91. The first-order valence-electron chi connectivity index (χ1n) is 7.86. The van der Waals surface area contributed by atoms with Gasteiger partial charge in [0, 0.05) is 19.1 Å². The monoisotopic (exact) mass is 393 g/mol. The van der Waals surface area contributed by atoms with Crippen molar-refractivity contribution in [3.63, 3.8) is 0 Å². The fraction of sp³-hybridized carbons (Fsp3) is 0.312. The summed E-state index contributed by atoms with van der Waals surface area (Å²) in [7, 11) is 0. The molecule has 2 aliphatic heterocycles. The fourth-order valence-corrected chi connectivity index (χ4v) is 4.57. The number of benzene rings is 1. The number of nitrogens with zero attached hydrogens (tertiary/aromatic N) is 2. The number of nitro benzene ring substituents is 1. The van der Waals surface area contributed by atoms with Crippen LogP contribution in [0, 0.1) is 10.1 Å². The number of amides is 2. The Kier molecular flexibility index (Phi) is 4.79. The molecule has 11 heteroatoms. The number of nitro groups is 1. The number of hydrogen-bond donors (Lipinski definition) is 3. The molecule has 142 valence electrons. The number of aliphatic carboxylic acids is 1. The molecule has 0 bridgehead atoms. The molecule has 1 fully saturated rings. The largest absolute Gasteiger partial charge is 0.509 e. The van der Waals surface area contributed by atoms with Crippen molar-refractivity contribution in [3.05, 3.63) is 51.4 Å². The molecule has 10 nitrogen and oxygen atoms in total. The Morgan fingerprint density at radius 3 is 2.48 bits per heavy atom. The third-order valence-electron chi connectivity index (χ3n) is 4.26. The van der Waals surface area contributed by atoms with E-state index in [9.17, 15) is 34.7 Å². The van der Waals surface area contributed by atoms with Crippen LogP contribution in [0.3, 0.4) is 0 Å². The highest BCUT2D eigenvalue weighted by molar-refractivity contribution is 8.00. The number of β-lactam (4-membered cyclic amide) rings is 1. The number of carboxylic acid groups (broad SMARTS) is 1. The molecule has 1 saturated heterocycles. The van der Waals surface area contributed by atoms with Gasteiger partial charge in [0.1, 0.15) is 17.2 Å². The molecular formula is C16H15N3O7S. The molecule has 1 aromatic rings. The number of aliphatic hydroxyl groups is 1. The molecule has 3 atom stereocenters. The van der Waals surface area contributed by atoms with Crippen molar-refractivity contribution >= 4 is 35.2 Å². The first-order valence-corrected chi connectivity index (χ1v) is 8.80. The number of thioether (sulfide) groups is 1. The number of carbonyl (C=O) groups excluding carboxylic acids is 2. The summed E-state index contributed by atoms with van der Waals surface area (Å²) in [6.07, 6.45) is 0.205. The van der Waals surface area contributed by atoms with E-state index in [2.05, 4.69) is 5.32 Å². The van der Waals surface area contributed by atoms with Gasteiger partial charge in [-0.25, -0.2) is 4.79 Å². The SMILES string of the molecule is CC(=O)NC1C(=O)N2C(C(=O)O)=C(O)C(Cc3ccc([N+](=O)[O-])cc3)S[C@H]12. The number of aliphatic hydroxyl groups excluding tert-OH is 1. The van der Waals surface area contributed by atoms with Crippen LogP contribution < -0.4 is 5.32 Å². The fourth-order valence-electron chi connectivity index (χ4n) is 3.03. The van der Waals surface area contributed by atoms with Crippen molar-refractivity contribution in [2.75, 3.05) is 0 Å².